The Kier molecular flexibility index (Phi) is 5.79. The van der Waals surface area contributed by atoms with Gasteiger partial charge >= 0.3 is 0 Å². The first-order valence-electron chi connectivity index (χ1n) is 9.52. The Hall–Kier alpha value is -2.83. The number of aromatic nitrogens is 1. The van der Waals surface area contributed by atoms with Gasteiger partial charge < -0.3 is 14.6 Å². The lowest BCUT2D eigenvalue weighted by atomic mass is 10.0. The second-order valence-electron chi connectivity index (χ2n) is 6.88. The number of nitrogens with zero attached hydrogens (tertiary/aromatic N) is 3. The molecule has 2 heterocycles. The van der Waals surface area contributed by atoms with Crippen LogP contribution in [0, 0.1) is 6.92 Å². The van der Waals surface area contributed by atoms with E-state index in [-0.39, 0.29) is 5.91 Å². The molecule has 1 aliphatic heterocycles. The van der Waals surface area contributed by atoms with E-state index in [9.17, 15) is 4.79 Å². The molecule has 6 nitrogen and oxygen atoms in total. The standard InChI is InChI=1S/C22H20Cl2N4O2/c1-3-30-15-7-5-14(6-8-15)26-27-21-22(29)25-18-9-4-13(2)12-17(18)19-16(20(23)24)10-11-28(19)21/h4-12,20-21H,3H2,1-2H3,(H,25,29)/t21-/m1/s1. The predicted octanol–water partition coefficient (Wildman–Crippen LogP) is 6.57. The van der Waals surface area contributed by atoms with Crippen LogP contribution in [0.25, 0.3) is 11.3 Å². The zero-order valence-electron chi connectivity index (χ0n) is 16.5. The van der Waals surface area contributed by atoms with Crippen molar-refractivity contribution in [1.82, 2.24) is 4.57 Å². The first-order chi connectivity index (χ1) is 14.5. The Morgan fingerprint density at radius 3 is 2.63 bits per heavy atom. The second-order valence-corrected chi connectivity index (χ2v) is 7.98. The van der Waals surface area contributed by atoms with Crippen LogP contribution in [0.15, 0.2) is 65.0 Å². The molecule has 0 saturated carbocycles. The summed E-state index contributed by atoms with van der Waals surface area (Å²) in [6.45, 7) is 4.50. The summed E-state index contributed by atoms with van der Waals surface area (Å²) < 4.78 is 7.20. The van der Waals surface area contributed by atoms with Crippen LogP contribution in [0.4, 0.5) is 11.4 Å². The molecule has 30 heavy (non-hydrogen) atoms. The summed E-state index contributed by atoms with van der Waals surface area (Å²) in [4.78, 5) is 12.2. The number of benzene rings is 2. The van der Waals surface area contributed by atoms with Gasteiger partial charge in [0.1, 0.15) is 10.6 Å². The topological polar surface area (TPSA) is 68.0 Å². The summed E-state index contributed by atoms with van der Waals surface area (Å²) in [6.07, 6.45) is 0.863. The fourth-order valence-electron chi connectivity index (χ4n) is 3.43. The number of hydrogen-bond acceptors (Lipinski definition) is 4. The highest BCUT2D eigenvalue weighted by molar-refractivity contribution is 6.44. The summed E-state index contributed by atoms with van der Waals surface area (Å²) in [5, 5.41) is 11.6. The molecule has 0 radical (unpaired) electrons. The number of rotatable bonds is 5. The number of anilines is 1. The molecule has 0 fully saturated rings. The smallest absolute Gasteiger partial charge is 0.272 e. The lowest BCUT2D eigenvalue weighted by molar-refractivity contribution is -0.119. The maximum atomic E-state index is 13.0. The number of halogens is 2. The number of aryl methyl sites for hydroxylation is 1. The van der Waals surface area contributed by atoms with Gasteiger partial charge in [-0.3, -0.25) is 4.79 Å². The minimum absolute atomic E-state index is 0.295. The Bertz CT molecular complexity index is 1110. The van der Waals surface area contributed by atoms with Crippen molar-refractivity contribution in [2.75, 3.05) is 11.9 Å². The fourth-order valence-corrected chi connectivity index (χ4v) is 3.78. The lowest BCUT2D eigenvalue weighted by Crippen LogP contribution is -2.22. The number of amides is 1. The van der Waals surface area contributed by atoms with Crippen LogP contribution in [0.2, 0.25) is 0 Å². The van der Waals surface area contributed by atoms with E-state index in [1.54, 1.807) is 22.9 Å². The van der Waals surface area contributed by atoms with E-state index in [0.29, 0.717) is 23.5 Å². The molecule has 1 N–H and O–H groups in total. The van der Waals surface area contributed by atoms with E-state index in [1.807, 2.05) is 50.2 Å². The molecular weight excluding hydrogens is 423 g/mol. The van der Waals surface area contributed by atoms with Gasteiger partial charge in [-0.1, -0.05) is 34.8 Å². The minimum Gasteiger partial charge on any atom is -0.494 e. The van der Waals surface area contributed by atoms with Crippen LogP contribution >= 0.6 is 23.2 Å². The molecule has 1 aromatic heterocycles. The van der Waals surface area contributed by atoms with Crippen LogP contribution in [0.1, 0.15) is 29.1 Å². The predicted molar refractivity (Wildman–Crippen MR) is 119 cm³/mol. The number of carbonyl (C=O) groups is 1. The van der Waals surface area contributed by atoms with Gasteiger partial charge in [0.25, 0.3) is 5.91 Å². The maximum Gasteiger partial charge on any atom is 0.272 e. The van der Waals surface area contributed by atoms with Crippen molar-refractivity contribution in [2.24, 2.45) is 10.2 Å². The molecule has 0 bridgehead atoms. The minimum atomic E-state index is -0.903. The maximum absolute atomic E-state index is 13.0. The van der Waals surface area contributed by atoms with E-state index in [2.05, 4.69) is 15.5 Å². The van der Waals surface area contributed by atoms with E-state index >= 15 is 0 Å². The molecular formula is C22H20Cl2N4O2. The Morgan fingerprint density at radius 2 is 1.93 bits per heavy atom. The summed E-state index contributed by atoms with van der Waals surface area (Å²) in [5.41, 5.74) is 4.65. The number of azo groups is 1. The van der Waals surface area contributed by atoms with E-state index < -0.39 is 11.0 Å². The molecule has 154 valence electrons. The monoisotopic (exact) mass is 442 g/mol. The number of nitrogens with one attached hydrogen (secondary N) is 1. The van der Waals surface area contributed by atoms with Gasteiger partial charge in [-0.2, -0.15) is 10.2 Å². The van der Waals surface area contributed by atoms with Crippen molar-refractivity contribution in [3.63, 3.8) is 0 Å². The molecule has 0 unspecified atom stereocenters. The van der Waals surface area contributed by atoms with Crippen LogP contribution in [0.5, 0.6) is 5.75 Å². The highest BCUT2D eigenvalue weighted by atomic mass is 35.5. The van der Waals surface area contributed by atoms with Gasteiger partial charge in [0, 0.05) is 17.3 Å². The van der Waals surface area contributed by atoms with Crippen molar-refractivity contribution in [1.29, 1.82) is 0 Å². The quantitative estimate of drug-likeness (QED) is 0.358. The molecule has 3 aromatic rings. The van der Waals surface area contributed by atoms with Crippen LogP contribution in [-0.4, -0.2) is 17.1 Å². The summed E-state index contributed by atoms with van der Waals surface area (Å²) in [5.74, 6) is 0.457. The van der Waals surface area contributed by atoms with E-state index in [0.717, 1.165) is 22.6 Å². The van der Waals surface area contributed by atoms with Crippen molar-refractivity contribution >= 4 is 40.5 Å². The average molecular weight is 443 g/mol. The Labute approximate surface area is 184 Å². The molecule has 1 atom stereocenters. The largest absolute Gasteiger partial charge is 0.494 e. The Morgan fingerprint density at radius 1 is 1.17 bits per heavy atom. The number of fused-ring (bicyclic) bond motifs is 3. The SMILES string of the molecule is CCOc1ccc(N=N[C@H]2C(=O)Nc3ccc(C)cc3-c3c(C(Cl)Cl)ccn32)cc1. The third-order valence-electron chi connectivity index (χ3n) is 4.80. The summed E-state index contributed by atoms with van der Waals surface area (Å²) >= 11 is 12.4. The van der Waals surface area contributed by atoms with Crippen LogP contribution < -0.4 is 10.1 Å². The fraction of sp³-hybridized carbons (Fsp3) is 0.227. The average Bonchev–Trinajstić information content (AvgIpc) is 3.11. The van der Waals surface area contributed by atoms with Gasteiger partial charge in [-0.15, -0.1) is 0 Å². The molecule has 1 aliphatic rings. The first-order valence-corrected chi connectivity index (χ1v) is 10.4. The first kappa shape index (κ1) is 20.4. The van der Waals surface area contributed by atoms with Gasteiger partial charge in [-0.25, -0.2) is 0 Å². The zero-order valence-corrected chi connectivity index (χ0v) is 18.0. The van der Waals surface area contributed by atoms with E-state index in [1.165, 1.54) is 0 Å². The molecule has 8 heteroatoms. The number of alkyl halides is 2. The normalized spacial score (nSPS) is 15.6. The van der Waals surface area contributed by atoms with Crippen molar-refractivity contribution in [3.8, 4) is 17.0 Å². The van der Waals surface area contributed by atoms with Crippen LogP contribution in [-0.2, 0) is 4.79 Å². The third kappa shape index (κ3) is 3.93. The summed E-state index contributed by atoms with van der Waals surface area (Å²) in [7, 11) is 0. The van der Waals surface area contributed by atoms with E-state index in [4.69, 9.17) is 27.9 Å². The van der Waals surface area contributed by atoms with Gasteiger partial charge in [0.15, 0.2) is 0 Å². The number of hydrogen-bond donors (Lipinski definition) is 1. The summed E-state index contributed by atoms with van der Waals surface area (Å²) in [6, 6.07) is 14.8. The number of ether oxygens (including phenoxy) is 1. The van der Waals surface area contributed by atoms with Crippen LogP contribution in [0.3, 0.4) is 0 Å². The molecule has 2 aromatic carbocycles. The van der Waals surface area contributed by atoms with Gasteiger partial charge in [-0.05, 0) is 56.3 Å². The van der Waals surface area contributed by atoms with Crippen molar-refractivity contribution < 1.29 is 9.53 Å². The molecule has 0 spiro atoms. The molecule has 0 aliphatic carbocycles. The lowest BCUT2D eigenvalue weighted by Gasteiger charge is -2.14. The third-order valence-corrected chi connectivity index (χ3v) is 5.27. The highest BCUT2D eigenvalue weighted by Gasteiger charge is 2.31. The van der Waals surface area contributed by atoms with Crippen molar-refractivity contribution in [2.45, 2.75) is 24.8 Å². The van der Waals surface area contributed by atoms with Crippen molar-refractivity contribution in [3.05, 3.63) is 65.9 Å². The molecule has 4 rings (SSSR count). The molecule has 1 amide bonds. The highest BCUT2D eigenvalue weighted by Crippen LogP contribution is 2.42. The zero-order chi connectivity index (χ0) is 21.3. The second kappa shape index (κ2) is 8.50. The van der Waals surface area contributed by atoms with Gasteiger partial charge in [0.2, 0.25) is 6.17 Å². The Balaban J connectivity index is 1.76. The number of carbonyl (C=O) groups excluding carboxylic acids is 1. The molecule has 0 saturated heterocycles. The van der Waals surface area contributed by atoms with Gasteiger partial charge in [0.05, 0.1) is 23.7 Å².